The Hall–Kier alpha value is -2.39. The summed E-state index contributed by atoms with van der Waals surface area (Å²) in [5.74, 6) is 6.91. The number of nitrogens with one attached hydrogen (secondary N) is 1. The van der Waals surface area contributed by atoms with Crippen molar-refractivity contribution in [2.24, 2.45) is 5.84 Å². The Morgan fingerprint density at radius 1 is 1.05 bits per heavy atom. The van der Waals surface area contributed by atoms with Crippen molar-refractivity contribution in [1.82, 2.24) is 4.98 Å². The highest BCUT2D eigenvalue weighted by atomic mass is 15.2. The maximum atomic E-state index is 5.66. The number of anilines is 1. The second-order valence-corrected chi connectivity index (χ2v) is 5.91. The van der Waals surface area contributed by atoms with Gasteiger partial charge in [-0.1, -0.05) is 50.2 Å². The quantitative estimate of drug-likeness (QED) is 0.558. The number of pyridine rings is 1. The number of aromatic nitrogens is 1. The first kappa shape index (κ1) is 14.5. The number of nitrogen functional groups attached to an aromatic ring is 1. The Labute approximate surface area is 131 Å². The summed E-state index contributed by atoms with van der Waals surface area (Å²) in [4.78, 5) is 4.65. The molecule has 0 aliphatic carbocycles. The third-order valence-electron chi connectivity index (χ3n) is 3.96. The van der Waals surface area contributed by atoms with Gasteiger partial charge in [-0.25, -0.2) is 10.8 Å². The molecule has 0 fully saturated rings. The van der Waals surface area contributed by atoms with Gasteiger partial charge in [0.15, 0.2) is 0 Å². The average Bonchev–Trinajstić information content (AvgIpc) is 2.54. The summed E-state index contributed by atoms with van der Waals surface area (Å²) in [5.41, 5.74) is 7.39. The van der Waals surface area contributed by atoms with Gasteiger partial charge < -0.3 is 5.43 Å². The molecule has 112 valence electrons. The Morgan fingerprint density at radius 3 is 2.50 bits per heavy atom. The molecule has 1 aromatic heterocycles. The van der Waals surface area contributed by atoms with Crippen molar-refractivity contribution in [3.05, 3.63) is 71.3 Å². The van der Waals surface area contributed by atoms with Crippen LogP contribution in [-0.4, -0.2) is 4.98 Å². The van der Waals surface area contributed by atoms with Gasteiger partial charge in [0, 0.05) is 17.4 Å². The van der Waals surface area contributed by atoms with E-state index in [1.807, 2.05) is 6.07 Å². The Bertz CT molecular complexity index is 779. The molecule has 0 radical (unpaired) electrons. The lowest BCUT2D eigenvalue weighted by Crippen LogP contribution is -2.11. The number of hydrogen-bond acceptors (Lipinski definition) is 3. The number of nitrogens with two attached hydrogens (primary N) is 1. The molecule has 3 nitrogen and oxygen atoms in total. The van der Waals surface area contributed by atoms with Gasteiger partial charge in [-0.2, -0.15) is 0 Å². The molecule has 0 amide bonds. The number of benzene rings is 2. The third-order valence-corrected chi connectivity index (χ3v) is 3.96. The SMILES string of the molecule is CC(C)c1ccc2nc(NN)c(Cc3ccccc3)cc2c1. The predicted molar refractivity (Wildman–Crippen MR) is 92.9 cm³/mol. The van der Waals surface area contributed by atoms with Crippen LogP contribution in [0.5, 0.6) is 0 Å². The summed E-state index contributed by atoms with van der Waals surface area (Å²) < 4.78 is 0. The molecule has 0 aliphatic heterocycles. The van der Waals surface area contributed by atoms with Gasteiger partial charge in [0.25, 0.3) is 0 Å². The molecular formula is C19H21N3. The first-order chi connectivity index (χ1) is 10.7. The van der Waals surface area contributed by atoms with Crippen LogP contribution < -0.4 is 11.3 Å². The van der Waals surface area contributed by atoms with Gasteiger partial charge in [0.05, 0.1) is 5.52 Å². The van der Waals surface area contributed by atoms with E-state index in [0.717, 1.165) is 28.7 Å². The van der Waals surface area contributed by atoms with E-state index in [1.165, 1.54) is 11.1 Å². The molecule has 0 unspecified atom stereocenters. The van der Waals surface area contributed by atoms with Crippen molar-refractivity contribution in [1.29, 1.82) is 0 Å². The molecule has 2 aromatic carbocycles. The molecule has 3 N–H and O–H groups in total. The third kappa shape index (κ3) is 2.95. The van der Waals surface area contributed by atoms with Gasteiger partial charge in [0.1, 0.15) is 5.82 Å². The molecule has 0 aliphatic rings. The number of hydrazine groups is 1. The molecule has 3 rings (SSSR count). The van der Waals surface area contributed by atoms with E-state index in [-0.39, 0.29) is 0 Å². The van der Waals surface area contributed by atoms with Gasteiger partial charge in [-0.05, 0) is 35.2 Å². The smallest absolute Gasteiger partial charge is 0.144 e. The number of hydrogen-bond donors (Lipinski definition) is 2. The summed E-state index contributed by atoms with van der Waals surface area (Å²) in [6.45, 7) is 4.41. The fourth-order valence-corrected chi connectivity index (χ4v) is 2.67. The fourth-order valence-electron chi connectivity index (χ4n) is 2.67. The zero-order chi connectivity index (χ0) is 15.5. The van der Waals surface area contributed by atoms with E-state index in [0.29, 0.717) is 5.92 Å². The molecule has 1 heterocycles. The van der Waals surface area contributed by atoms with Gasteiger partial charge in [-0.3, -0.25) is 0 Å². The molecule has 0 saturated heterocycles. The Balaban J connectivity index is 2.07. The lowest BCUT2D eigenvalue weighted by atomic mass is 9.99. The average molecular weight is 291 g/mol. The van der Waals surface area contributed by atoms with Crippen LogP contribution in [0.3, 0.4) is 0 Å². The van der Waals surface area contributed by atoms with E-state index in [4.69, 9.17) is 5.84 Å². The van der Waals surface area contributed by atoms with Crippen molar-refractivity contribution >= 4 is 16.7 Å². The van der Waals surface area contributed by atoms with E-state index >= 15 is 0 Å². The van der Waals surface area contributed by atoms with Crippen LogP contribution in [0.2, 0.25) is 0 Å². The standard InChI is InChI=1S/C19H21N3/c1-13(2)15-8-9-18-16(11-15)12-17(19(21-18)22-20)10-14-6-4-3-5-7-14/h3-9,11-13H,10,20H2,1-2H3,(H,21,22). The highest BCUT2D eigenvalue weighted by Gasteiger charge is 2.08. The maximum Gasteiger partial charge on any atom is 0.144 e. The first-order valence-electron chi connectivity index (χ1n) is 7.61. The highest BCUT2D eigenvalue weighted by Crippen LogP contribution is 2.25. The zero-order valence-electron chi connectivity index (χ0n) is 13.0. The van der Waals surface area contributed by atoms with Crippen LogP contribution in [0.25, 0.3) is 10.9 Å². The molecule has 22 heavy (non-hydrogen) atoms. The summed E-state index contributed by atoms with van der Waals surface area (Å²) >= 11 is 0. The molecule has 0 bridgehead atoms. The zero-order valence-corrected chi connectivity index (χ0v) is 13.0. The minimum absolute atomic E-state index is 0.509. The van der Waals surface area contributed by atoms with Crippen molar-refractivity contribution in [2.75, 3.05) is 5.43 Å². The van der Waals surface area contributed by atoms with Crippen molar-refractivity contribution in [2.45, 2.75) is 26.2 Å². The largest absolute Gasteiger partial charge is 0.308 e. The number of fused-ring (bicyclic) bond motifs is 1. The van der Waals surface area contributed by atoms with Gasteiger partial charge in [-0.15, -0.1) is 0 Å². The van der Waals surface area contributed by atoms with Gasteiger partial charge in [0.2, 0.25) is 0 Å². The van der Waals surface area contributed by atoms with Gasteiger partial charge >= 0.3 is 0 Å². The van der Waals surface area contributed by atoms with Crippen LogP contribution in [0.1, 0.15) is 36.5 Å². The summed E-state index contributed by atoms with van der Waals surface area (Å²) in [5, 5.41) is 1.16. The number of rotatable bonds is 4. The Kier molecular flexibility index (Phi) is 4.07. The van der Waals surface area contributed by atoms with E-state index in [9.17, 15) is 0 Å². The van der Waals surface area contributed by atoms with Crippen LogP contribution in [0, 0.1) is 0 Å². The number of nitrogens with zero attached hydrogens (tertiary/aromatic N) is 1. The summed E-state index contributed by atoms with van der Waals surface area (Å²) in [7, 11) is 0. The van der Waals surface area contributed by atoms with Crippen LogP contribution in [0.4, 0.5) is 5.82 Å². The Morgan fingerprint density at radius 2 is 1.82 bits per heavy atom. The molecule has 0 saturated carbocycles. The monoisotopic (exact) mass is 291 g/mol. The minimum atomic E-state index is 0.509. The predicted octanol–water partition coefficient (Wildman–Crippen LogP) is 4.23. The fraction of sp³-hybridized carbons (Fsp3) is 0.211. The van der Waals surface area contributed by atoms with Crippen molar-refractivity contribution in [3.8, 4) is 0 Å². The molecular weight excluding hydrogens is 270 g/mol. The van der Waals surface area contributed by atoms with Crippen LogP contribution in [0.15, 0.2) is 54.6 Å². The highest BCUT2D eigenvalue weighted by molar-refractivity contribution is 5.82. The van der Waals surface area contributed by atoms with Crippen molar-refractivity contribution in [3.63, 3.8) is 0 Å². The second-order valence-electron chi connectivity index (χ2n) is 5.91. The molecule has 0 spiro atoms. The van der Waals surface area contributed by atoms with E-state index in [1.54, 1.807) is 0 Å². The minimum Gasteiger partial charge on any atom is -0.308 e. The summed E-state index contributed by atoms with van der Waals surface area (Å²) in [6, 6.07) is 19.0. The maximum absolute atomic E-state index is 5.66. The van der Waals surface area contributed by atoms with E-state index in [2.05, 4.69) is 72.8 Å². The summed E-state index contributed by atoms with van der Waals surface area (Å²) in [6.07, 6.45) is 0.815. The lowest BCUT2D eigenvalue weighted by molar-refractivity contribution is 0.868. The molecule has 0 atom stereocenters. The molecule has 3 heteroatoms. The molecule has 3 aromatic rings. The first-order valence-corrected chi connectivity index (χ1v) is 7.61. The normalized spacial score (nSPS) is 11.1. The van der Waals surface area contributed by atoms with E-state index < -0.39 is 0 Å². The second kappa shape index (κ2) is 6.16. The topological polar surface area (TPSA) is 50.9 Å². The lowest BCUT2D eigenvalue weighted by Gasteiger charge is -2.12. The van der Waals surface area contributed by atoms with Crippen LogP contribution in [-0.2, 0) is 6.42 Å². The van der Waals surface area contributed by atoms with Crippen LogP contribution >= 0.6 is 0 Å². The van der Waals surface area contributed by atoms with Crippen molar-refractivity contribution < 1.29 is 0 Å².